The van der Waals surface area contributed by atoms with E-state index in [0.717, 1.165) is 23.8 Å². The van der Waals surface area contributed by atoms with E-state index in [1.54, 1.807) is 0 Å². The lowest BCUT2D eigenvalue weighted by molar-refractivity contribution is 0.0689. The van der Waals surface area contributed by atoms with E-state index in [0.29, 0.717) is 6.61 Å². The molecule has 1 heterocycles. The molecule has 2 aromatic rings. The Bertz CT molecular complexity index is 603. The lowest BCUT2D eigenvalue weighted by atomic mass is 9.90. The number of ether oxygens (including phenoxy) is 1. The molecule has 0 bridgehead atoms. The molecule has 0 N–H and O–H groups in total. The third-order valence-corrected chi connectivity index (χ3v) is 3.98. The average Bonchev–Trinajstić information content (AvgIpc) is 2.94. The highest BCUT2D eigenvalue weighted by Gasteiger charge is 2.33. The summed E-state index contributed by atoms with van der Waals surface area (Å²) in [6.07, 6.45) is 1.85. The summed E-state index contributed by atoms with van der Waals surface area (Å²) in [4.78, 5) is 12.6. The van der Waals surface area contributed by atoms with Gasteiger partial charge in [-0.3, -0.25) is 4.79 Å². The summed E-state index contributed by atoms with van der Waals surface area (Å²) in [6.45, 7) is 2.79. The predicted octanol–water partition coefficient (Wildman–Crippen LogP) is 3.84. The summed E-state index contributed by atoms with van der Waals surface area (Å²) >= 11 is 0. The monoisotopic (exact) mass is 254 g/mol. The molecule has 0 aromatic heterocycles. The van der Waals surface area contributed by atoms with Crippen LogP contribution in [0.15, 0.2) is 42.5 Å². The van der Waals surface area contributed by atoms with Crippen LogP contribution in [0.25, 0.3) is 10.8 Å². The van der Waals surface area contributed by atoms with Gasteiger partial charge in [0.2, 0.25) is 0 Å². The smallest absolute Gasteiger partial charge is 0.168 e. The first-order valence-electron chi connectivity index (χ1n) is 6.94. The second-order valence-electron chi connectivity index (χ2n) is 5.14. The summed E-state index contributed by atoms with van der Waals surface area (Å²) in [5.74, 6) is 0.265. The van der Waals surface area contributed by atoms with E-state index in [9.17, 15) is 4.79 Å². The average molecular weight is 254 g/mol. The first-order chi connectivity index (χ1) is 9.29. The van der Waals surface area contributed by atoms with E-state index in [1.807, 2.05) is 30.3 Å². The summed E-state index contributed by atoms with van der Waals surface area (Å²) in [7, 11) is 0. The molecular weight excluding hydrogens is 236 g/mol. The molecule has 0 spiro atoms. The zero-order valence-electron chi connectivity index (χ0n) is 11.1. The largest absolute Gasteiger partial charge is 0.377 e. The fourth-order valence-electron chi connectivity index (χ4n) is 2.91. The van der Waals surface area contributed by atoms with Gasteiger partial charge >= 0.3 is 0 Å². The third-order valence-electron chi connectivity index (χ3n) is 3.98. The normalized spacial score (nSPS) is 22.8. The third kappa shape index (κ3) is 2.28. The topological polar surface area (TPSA) is 26.3 Å². The maximum absolute atomic E-state index is 12.6. The Hall–Kier alpha value is -1.67. The van der Waals surface area contributed by atoms with Crippen LogP contribution in [-0.4, -0.2) is 18.5 Å². The van der Waals surface area contributed by atoms with E-state index >= 15 is 0 Å². The fraction of sp³-hybridized carbons (Fsp3) is 0.353. The van der Waals surface area contributed by atoms with Crippen molar-refractivity contribution in [1.29, 1.82) is 0 Å². The van der Waals surface area contributed by atoms with E-state index in [4.69, 9.17) is 4.74 Å². The van der Waals surface area contributed by atoms with Crippen molar-refractivity contribution in [2.24, 2.45) is 5.92 Å². The molecule has 2 nitrogen and oxygen atoms in total. The number of rotatable bonds is 3. The van der Waals surface area contributed by atoms with Crippen LogP contribution in [0.2, 0.25) is 0 Å². The van der Waals surface area contributed by atoms with Crippen molar-refractivity contribution >= 4 is 16.6 Å². The molecule has 2 aromatic carbocycles. The Balaban J connectivity index is 1.93. The van der Waals surface area contributed by atoms with Crippen LogP contribution in [0.4, 0.5) is 0 Å². The lowest BCUT2D eigenvalue weighted by Gasteiger charge is -2.15. The maximum Gasteiger partial charge on any atom is 0.168 e. The van der Waals surface area contributed by atoms with Gasteiger partial charge in [-0.1, -0.05) is 43.3 Å². The van der Waals surface area contributed by atoms with Crippen LogP contribution in [0.5, 0.6) is 0 Å². The first kappa shape index (κ1) is 12.4. The molecule has 0 aliphatic carbocycles. The van der Waals surface area contributed by atoms with Gasteiger partial charge in [-0.05, 0) is 29.7 Å². The van der Waals surface area contributed by atoms with Gasteiger partial charge in [0.1, 0.15) is 0 Å². The van der Waals surface area contributed by atoms with Gasteiger partial charge in [0, 0.05) is 12.2 Å². The molecule has 2 atom stereocenters. The van der Waals surface area contributed by atoms with E-state index < -0.39 is 0 Å². The maximum atomic E-state index is 12.6. The van der Waals surface area contributed by atoms with Gasteiger partial charge in [0.05, 0.1) is 12.0 Å². The predicted molar refractivity (Wildman–Crippen MR) is 76.4 cm³/mol. The zero-order chi connectivity index (χ0) is 13.2. The molecule has 2 unspecified atom stereocenters. The second kappa shape index (κ2) is 5.14. The van der Waals surface area contributed by atoms with Crippen molar-refractivity contribution in [2.45, 2.75) is 25.9 Å². The van der Waals surface area contributed by atoms with Gasteiger partial charge in [0.15, 0.2) is 5.78 Å². The number of fused-ring (bicyclic) bond motifs is 1. The number of Topliss-reactive ketones (excluding diaryl/α,β-unsaturated/α-hetero) is 1. The van der Waals surface area contributed by atoms with E-state index in [2.05, 4.69) is 19.1 Å². The molecule has 1 saturated heterocycles. The van der Waals surface area contributed by atoms with Gasteiger partial charge < -0.3 is 4.74 Å². The van der Waals surface area contributed by atoms with Gasteiger partial charge in [0.25, 0.3) is 0 Å². The van der Waals surface area contributed by atoms with Crippen molar-refractivity contribution in [3.8, 4) is 0 Å². The lowest BCUT2D eigenvalue weighted by Crippen LogP contribution is -2.23. The number of ketones is 1. The highest BCUT2D eigenvalue weighted by molar-refractivity contribution is 6.01. The molecule has 2 heteroatoms. The Labute approximate surface area is 113 Å². The minimum Gasteiger partial charge on any atom is -0.377 e. The van der Waals surface area contributed by atoms with E-state index in [1.165, 1.54) is 5.39 Å². The molecule has 98 valence electrons. The number of hydrogen-bond acceptors (Lipinski definition) is 2. The summed E-state index contributed by atoms with van der Waals surface area (Å²) in [5.41, 5.74) is 0.813. The summed E-state index contributed by atoms with van der Waals surface area (Å²) in [5, 5.41) is 2.30. The van der Waals surface area contributed by atoms with Crippen LogP contribution < -0.4 is 0 Å². The Morgan fingerprint density at radius 3 is 2.79 bits per heavy atom. The summed E-state index contributed by atoms with van der Waals surface area (Å²) in [6, 6.07) is 14.1. The number of carbonyl (C=O) groups excluding carboxylic acids is 1. The van der Waals surface area contributed by atoms with Crippen LogP contribution in [0, 0.1) is 5.92 Å². The van der Waals surface area contributed by atoms with Gasteiger partial charge in [-0.15, -0.1) is 0 Å². The minimum absolute atomic E-state index is 0.0335. The molecule has 1 aliphatic heterocycles. The second-order valence-corrected chi connectivity index (χ2v) is 5.14. The standard InChI is InChI=1S/C17H18O2/c1-2-16-15(9-10-19-16)17(18)14-8-7-12-5-3-4-6-13(12)11-14/h3-8,11,15-16H,2,9-10H2,1H3. The number of benzene rings is 2. The van der Waals surface area contributed by atoms with Gasteiger partial charge in [-0.2, -0.15) is 0 Å². The van der Waals surface area contributed by atoms with Gasteiger partial charge in [-0.25, -0.2) is 0 Å². The molecule has 0 amide bonds. The van der Waals surface area contributed by atoms with Crippen molar-refractivity contribution in [3.63, 3.8) is 0 Å². The molecule has 0 radical (unpaired) electrons. The highest BCUT2D eigenvalue weighted by atomic mass is 16.5. The van der Waals surface area contributed by atoms with Crippen molar-refractivity contribution in [1.82, 2.24) is 0 Å². The van der Waals surface area contributed by atoms with Crippen LogP contribution >= 0.6 is 0 Å². The Morgan fingerprint density at radius 1 is 1.21 bits per heavy atom. The number of hydrogen-bond donors (Lipinski definition) is 0. The van der Waals surface area contributed by atoms with Crippen LogP contribution in [0.1, 0.15) is 30.1 Å². The Morgan fingerprint density at radius 2 is 2.00 bits per heavy atom. The number of carbonyl (C=O) groups is 1. The van der Waals surface area contributed by atoms with E-state index in [-0.39, 0.29) is 17.8 Å². The first-order valence-corrected chi connectivity index (χ1v) is 6.94. The van der Waals surface area contributed by atoms with Crippen molar-refractivity contribution in [3.05, 3.63) is 48.0 Å². The van der Waals surface area contributed by atoms with Crippen molar-refractivity contribution in [2.75, 3.05) is 6.61 Å². The summed E-state index contributed by atoms with van der Waals surface area (Å²) < 4.78 is 5.62. The minimum atomic E-state index is 0.0335. The molecular formula is C17H18O2. The fourth-order valence-corrected chi connectivity index (χ4v) is 2.91. The molecule has 1 aliphatic rings. The highest BCUT2D eigenvalue weighted by Crippen LogP contribution is 2.28. The molecule has 3 rings (SSSR count). The molecule has 1 fully saturated rings. The van der Waals surface area contributed by atoms with Crippen molar-refractivity contribution < 1.29 is 9.53 Å². The Kier molecular flexibility index (Phi) is 3.34. The SMILES string of the molecule is CCC1OCCC1C(=O)c1ccc2ccccc2c1. The molecule has 19 heavy (non-hydrogen) atoms. The van der Waals surface area contributed by atoms with Crippen LogP contribution in [-0.2, 0) is 4.74 Å². The quantitative estimate of drug-likeness (QED) is 0.778. The molecule has 0 saturated carbocycles. The zero-order valence-corrected chi connectivity index (χ0v) is 11.1. The van der Waals surface area contributed by atoms with Crippen LogP contribution in [0.3, 0.4) is 0 Å².